The molecule has 2 amide bonds. The molecule has 1 rings (SSSR count). The van der Waals surface area contributed by atoms with E-state index in [2.05, 4.69) is 13.0 Å². The van der Waals surface area contributed by atoms with Gasteiger partial charge in [-0.05, 0) is 0 Å². The molecule has 0 bridgehead atoms. The van der Waals surface area contributed by atoms with Crippen LogP contribution in [0.25, 0.3) is 0 Å². The topological polar surface area (TPSA) is 114 Å². The van der Waals surface area contributed by atoms with E-state index in [1.54, 1.807) is 6.07 Å². The number of carbonyl (C=O) groups is 2. The van der Waals surface area contributed by atoms with Gasteiger partial charge < -0.3 is 0 Å². The Morgan fingerprint density at radius 3 is 2.47 bits per heavy atom. The summed E-state index contributed by atoms with van der Waals surface area (Å²) in [6.07, 6.45) is 0. The van der Waals surface area contributed by atoms with Crippen molar-refractivity contribution in [2.24, 2.45) is 0 Å². The Labute approximate surface area is 112 Å². The fourth-order valence-corrected chi connectivity index (χ4v) is 3.40. The number of rotatable bonds is 5. The van der Waals surface area contributed by atoms with E-state index in [4.69, 9.17) is 5.26 Å². The molecule has 0 saturated carbocycles. The predicted molar refractivity (Wildman–Crippen MR) is 65.4 cm³/mol. The second-order valence-electron chi connectivity index (χ2n) is 3.56. The molecule has 0 aliphatic heterocycles. The normalized spacial score (nSPS) is 13.4. The zero-order valence-electron chi connectivity index (χ0n) is 10.2. The first kappa shape index (κ1) is 15.5. The van der Waals surface area contributed by atoms with E-state index >= 15 is 0 Å². The molecule has 0 aliphatic rings. The van der Waals surface area contributed by atoms with Gasteiger partial charge >= 0.3 is 111 Å². The number of hydrogen-bond donors (Lipinski definition) is 3. The Balaban J connectivity index is 3.00. The van der Waals surface area contributed by atoms with Gasteiger partial charge in [0, 0.05) is 0 Å². The Bertz CT molecular complexity index is 533. The number of carbonyl (C=O) groups excluding carboxylic acids is 2. The second-order valence-corrected chi connectivity index (χ2v) is 7.46. The molecule has 1 aromatic rings. The van der Waals surface area contributed by atoms with Gasteiger partial charge in [0.05, 0.1) is 0 Å². The molecule has 8 nitrogen and oxygen atoms in total. The molecular weight excluding hydrogens is 319 g/mol. The first-order valence-electron chi connectivity index (χ1n) is 5.14. The van der Waals surface area contributed by atoms with E-state index in [1.165, 1.54) is 25.1 Å². The predicted octanol–water partition coefficient (Wildman–Crippen LogP) is -0.221. The monoisotopic (exact) mass is 332 g/mol. The average molecular weight is 332 g/mol. The van der Waals surface area contributed by atoms with Crippen LogP contribution < -0.4 is 15.1 Å². The van der Waals surface area contributed by atoms with E-state index in [9.17, 15) is 13.3 Å². The average Bonchev–Trinajstić information content (AvgIpc) is 2.35. The van der Waals surface area contributed by atoms with E-state index < -0.39 is 20.1 Å². The van der Waals surface area contributed by atoms with Gasteiger partial charge in [0.25, 0.3) is 0 Å². The van der Waals surface area contributed by atoms with Gasteiger partial charge in [-0.2, -0.15) is 0 Å². The van der Waals surface area contributed by atoms with Crippen LogP contribution in [0.5, 0.6) is 0 Å². The molecule has 0 aliphatic carbocycles. The number of benzene rings is 1. The van der Waals surface area contributed by atoms with Gasteiger partial charge in [0.1, 0.15) is 0 Å². The van der Waals surface area contributed by atoms with E-state index in [-0.39, 0.29) is 10.3 Å². The molecule has 1 aromatic carbocycles. The molecule has 0 radical (unpaired) electrons. The molecule has 0 fully saturated rings. The van der Waals surface area contributed by atoms with Gasteiger partial charge in [-0.25, -0.2) is 0 Å². The fraction of sp³-hybridized carbons (Fsp3) is 0.200. The van der Waals surface area contributed by atoms with Crippen LogP contribution in [-0.2, 0) is 21.0 Å². The molecule has 0 aromatic heterocycles. The van der Waals surface area contributed by atoms with Crippen LogP contribution in [0.15, 0.2) is 24.3 Å². The van der Waals surface area contributed by atoms with Crippen LogP contribution in [0.1, 0.15) is 13.8 Å². The third-order valence-electron chi connectivity index (χ3n) is 1.90. The van der Waals surface area contributed by atoms with Crippen molar-refractivity contribution in [3.63, 3.8) is 0 Å². The van der Waals surface area contributed by atoms with Crippen molar-refractivity contribution in [1.82, 2.24) is 5.48 Å². The van der Waals surface area contributed by atoms with E-state index in [0.717, 1.165) is 6.92 Å². The number of hydroxylamine groups is 1. The summed E-state index contributed by atoms with van der Waals surface area (Å²) >= 11 is -4.80. The molecule has 19 heavy (non-hydrogen) atoms. The number of anilines is 1. The minimum atomic E-state index is -4.80. The molecule has 1 unspecified atom stereocenters. The first-order chi connectivity index (χ1) is 8.87. The van der Waals surface area contributed by atoms with Crippen molar-refractivity contribution in [2.45, 2.75) is 13.8 Å². The maximum absolute atomic E-state index is 12.2. The Morgan fingerprint density at radius 1 is 1.26 bits per heavy atom. The summed E-state index contributed by atoms with van der Waals surface area (Å²) in [6, 6.07) is 5.74. The maximum atomic E-state index is 12.2. The van der Waals surface area contributed by atoms with Crippen molar-refractivity contribution in [2.75, 3.05) is 5.32 Å². The van der Waals surface area contributed by atoms with Crippen LogP contribution >= 0.6 is 0 Å². The van der Waals surface area contributed by atoms with Crippen LogP contribution in [0.4, 0.5) is 5.69 Å². The fourth-order valence-electron chi connectivity index (χ4n) is 1.20. The number of hydrogen-bond acceptors (Lipinski definition) is 6. The third-order valence-corrected chi connectivity index (χ3v) is 4.96. The Hall–Kier alpha value is -1.60. The van der Waals surface area contributed by atoms with Crippen LogP contribution in [0.3, 0.4) is 0 Å². The van der Waals surface area contributed by atoms with Crippen molar-refractivity contribution in [1.29, 1.82) is 0 Å². The summed E-state index contributed by atoms with van der Waals surface area (Å²) in [5.74, 6) is -0.913. The molecule has 1 atom stereocenters. The minimum absolute atomic E-state index is 0.0284. The van der Waals surface area contributed by atoms with Crippen LogP contribution in [0.2, 0.25) is 0 Å². The van der Waals surface area contributed by atoms with Gasteiger partial charge in [-0.15, -0.1) is 0 Å². The van der Waals surface area contributed by atoms with Gasteiger partial charge in [-0.3, -0.25) is 0 Å². The quantitative estimate of drug-likeness (QED) is 0.390. The first-order valence-corrected chi connectivity index (χ1v) is 8.37. The summed E-state index contributed by atoms with van der Waals surface area (Å²) in [5, 5.41) is 11.2. The van der Waals surface area contributed by atoms with Gasteiger partial charge in [0.2, 0.25) is 0 Å². The molecular formula is C10H13AsN2O6. The van der Waals surface area contributed by atoms with Crippen LogP contribution in [0, 0.1) is 0 Å². The van der Waals surface area contributed by atoms with Gasteiger partial charge in [-0.1, -0.05) is 0 Å². The number of amides is 2. The molecule has 104 valence electrons. The number of nitrogens with one attached hydrogen (secondary N) is 2. The standard InChI is InChI=1S/C10H13AsN2O6/c1-7(14)12-10-5-3-4-9(6-10)11(16,19-17)18-13-8(2)15/h3-6,17H,1-2H3,(H,12,14)(H,13,15). The molecule has 9 heteroatoms. The van der Waals surface area contributed by atoms with E-state index in [1.807, 2.05) is 5.48 Å². The Morgan fingerprint density at radius 2 is 1.95 bits per heavy atom. The van der Waals surface area contributed by atoms with Crippen molar-refractivity contribution >= 4 is 36.0 Å². The summed E-state index contributed by atoms with van der Waals surface area (Å²) in [5.41, 5.74) is 2.20. The molecule has 0 saturated heterocycles. The van der Waals surface area contributed by atoms with Crippen molar-refractivity contribution in [3.8, 4) is 0 Å². The summed E-state index contributed by atoms with van der Waals surface area (Å²) < 4.78 is 20.7. The van der Waals surface area contributed by atoms with Crippen molar-refractivity contribution in [3.05, 3.63) is 24.3 Å². The SMILES string of the molecule is CC(=O)NO[As](=O)(OO)c1cccc(NC(C)=O)c1. The zero-order chi connectivity index (χ0) is 14.5. The van der Waals surface area contributed by atoms with Crippen molar-refractivity contribution < 1.29 is 26.3 Å². The van der Waals surface area contributed by atoms with Crippen LogP contribution in [-0.4, -0.2) is 31.2 Å². The van der Waals surface area contributed by atoms with E-state index in [0.29, 0.717) is 5.69 Å². The molecule has 3 N–H and O–H groups in total. The van der Waals surface area contributed by atoms with Gasteiger partial charge in [0.15, 0.2) is 0 Å². The molecule has 0 spiro atoms. The summed E-state index contributed by atoms with van der Waals surface area (Å²) in [6.45, 7) is 2.46. The Kier molecular flexibility index (Phi) is 5.31. The second kappa shape index (κ2) is 6.53. The molecule has 0 heterocycles. The summed E-state index contributed by atoms with van der Waals surface area (Å²) in [7, 11) is 0. The third kappa shape index (κ3) is 4.53. The summed E-state index contributed by atoms with van der Waals surface area (Å²) in [4.78, 5) is 21.6. The zero-order valence-corrected chi connectivity index (χ0v) is 12.1.